The molecule has 0 bridgehead atoms. The predicted octanol–water partition coefficient (Wildman–Crippen LogP) is 1.24. The second-order valence-corrected chi connectivity index (χ2v) is 5.00. The number of hydrogen-bond donors (Lipinski definition) is 3. The third-order valence-corrected chi connectivity index (χ3v) is 3.44. The van der Waals surface area contributed by atoms with Gasteiger partial charge < -0.3 is 20.5 Å². The highest BCUT2D eigenvalue weighted by Gasteiger charge is 2.49. The molecule has 0 saturated heterocycles. The van der Waals surface area contributed by atoms with Crippen molar-refractivity contribution in [2.24, 2.45) is 5.73 Å². The Morgan fingerprint density at radius 1 is 1.42 bits per heavy atom. The number of oxazole rings is 1. The van der Waals surface area contributed by atoms with E-state index in [1.54, 1.807) is 18.2 Å². The van der Waals surface area contributed by atoms with Crippen LogP contribution in [0.5, 0.6) is 0 Å². The zero-order valence-corrected chi connectivity index (χ0v) is 10.7. The molecular weight excluding hydrogens is 266 g/mol. The smallest absolute Gasteiger partial charge is 0.266 e. The fourth-order valence-electron chi connectivity index (χ4n) is 1.93. The van der Waals surface area contributed by atoms with Crippen LogP contribution in [0.3, 0.4) is 0 Å². The van der Waals surface area contributed by atoms with Gasteiger partial charge in [-0.2, -0.15) is 0 Å². The molecule has 0 unspecified atom stereocenters. The number of hydrogen-bond acceptors (Lipinski definition) is 4. The minimum Gasteiger partial charge on any atom is -0.429 e. The van der Waals surface area contributed by atoms with Crippen LogP contribution in [-0.4, -0.2) is 22.3 Å². The molecule has 0 atom stereocenters. The van der Waals surface area contributed by atoms with Gasteiger partial charge >= 0.3 is 0 Å². The topological polar surface area (TPSA) is 101 Å². The summed E-state index contributed by atoms with van der Waals surface area (Å²) in [5.74, 6) is -0.846. The van der Waals surface area contributed by atoms with Crippen LogP contribution in [0.15, 0.2) is 22.6 Å². The Bertz CT molecular complexity index is 742. The van der Waals surface area contributed by atoms with Gasteiger partial charge in [0.15, 0.2) is 5.58 Å². The normalized spacial score (nSPS) is 16.2. The number of aromatic amines is 1. The number of carbonyl (C=O) groups is 2. The molecule has 0 radical (unpaired) electrons. The Kier molecular flexibility index (Phi) is 2.46. The quantitative estimate of drug-likeness (QED) is 0.734. The van der Waals surface area contributed by atoms with Gasteiger partial charge in [0.1, 0.15) is 5.54 Å². The lowest BCUT2D eigenvalue weighted by atomic mass is 10.1. The van der Waals surface area contributed by atoms with Crippen molar-refractivity contribution >= 4 is 35.1 Å². The van der Waals surface area contributed by atoms with Crippen molar-refractivity contribution in [3.63, 3.8) is 0 Å². The van der Waals surface area contributed by atoms with Crippen molar-refractivity contribution in [2.45, 2.75) is 18.4 Å². The number of rotatable bonds is 3. The van der Waals surface area contributed by atoms with Crippen molar-refractivity contribution in [3.8, 4) is 0 Å². The predicted molar refractivity (Wildman–Crippen MR) is 70.0 cm³/mol. The summed E-state index contributed by atoms with van der Waals surface area (Å²) in [7, 11) is 0. The van der Waals surface area contributed by atoms with E-state index < -0.39 is 11.4 Å². The molecule has 0 spiro atoms. The monoisotopic (exact) mass is 277 g/mol. The number of amides is 2. The zero-order valence-electron chi connectivity index (χ0n) is 9.86. The maximum absolute atomic E-state index is 12.1. The summed E-state index contributed by atoms with van der Waals surface area (Å²) in [5.41, 5.74) is 6.01. The van der Waals surface area contributed by atoms with Gasteiger partial charge in [-0.25, -0.2) is 0 Å². The molecule has 0 aliphatic heterocycles. The first-order valence-corrected chi connectivity index (χ1v) is 6.16. The van der Waals surface area contributed by atoms with Gasteiger partial charge in [-0.1, -0.05) is 0 Å². The summed E-state index contributed by atoms with van der Waals surface area (Å²) in [6.07, 6.45) is 1.17. The van der Waals surface area contributed by atoms with Gasteiger partial charge in [0.05, 0.1) is 5.52 Å². The average Bonchev–Trinajstić information content (AvgIpc) is 3.03. The number of aromatic nitrogens is 1. The van der Waals surface area contributed by atoms with Gasteiger partial charge in [0.25, 0.3) is 10.7 Å². The molecule has 2 amide bonds. The van der Waals surface area contributed by atoms with Crippen LogP contribution in [0.4, 0.5) is 0 Å². The minimum atomic E-state index is -0.871. The molecule has 1 aromatic carbocycles. The van der Waals surface area contributed by atoms with Crippen molar-refractivity contribution < 1.29 is 14.0 Å². The standard InChI is InChI=1S/C12H11N3O3S/c13-10(17)12(3-4-12)15-9(16)6-1-2-7-8(5-6)18-11(19)14-7/h1-2,5H,3-4H2,(H2,13,17)(H,14,19)(H,15,16). The second kappa shape index (κ2) is 3.92. The Hall–Kier alpha value is -2.15. The van der Waals surface area contributed by atoms with Crippen LogP contribution in [0.25, 0.3) is 11.1 Å². The lowest BCUT2D eigenvalue weighted by Gasteiger charge is -2.13. The Morgan fingerprint density at radius 3 is 2.79 bits per heavy atom. The molecular formula is C12H11N3O3S. The van der Waals surface area contributed by atoms with Crippen LogP contribution in [0.1, 0.15) is 23.2 Å². The number of carbonyl (C=O) groups excluding carboxylic acids is 2. The van der Waals surface area contributed by atoms with E-state index in [1.807, 2.05) is 0 Å². The number of benzene rings is 1. The van der Waals surface area contributed by atoms with Crippen molar-refractivity contribution in [3.05, 3.63) is 28.6 Å². The Morgan fingerprint density at radius 2 is 2.16 bits per heavy atom. The number of primary amides is 1. The molecule has 1 aromatic heterocycles. The Labute approximate surface area is 113 Å². The van der Waals surface area contributed by atoms with Gasteiger partial charge in [-0.3, -0.25) is 9.59 Å². The molecule has 3 rings (SSSR count). The second-order valence-electron chi connectivity index (χ2n) is 4.63. The maximum atomic E-state index is 12.1. The van der Waals surface area contributed by atoms with E-state index in [2.05, 4.69) is 10.3 Å². The van der Waals surface area contributed by atoms with Crippen LogP contribution in [0, 0.1) is 4.84 Å². The van der Waals surface area contributed by atoms with Crippen LogP contribution in [-0.2, 0) is 4.79 Å². The lowest BCUT2D eigenvalue weighted by molar-refractivity contribution is -0.120. The molecule has 4 N–H and O–H groups in total. The van der Waals surface area contributed by atoms with Gasteiger partial charge in [-0.05, 0) is 43.3 Å². The van der Waals surface area contributed by atoms with E-state index in [1.165, 1.54) is 0 Å². The summed E-state index contributed by atoms with van der Waals surface area (Å²) >= 11 is 4.87. The molecule has 2 aromatic rings. The summed E-state index contributed by atoms with van der Waals surface area (Å²) in [6, 6.07) is 4.91. The number of H-pyrrole nitrogens is 1. The largest absolute Gasteiger partial charge is 0.429 e. The average molecular weight is 277 g/mol. The first-order valence-electron chi connectivity index (χ1n) is 5.75. The van der Waals surface area contributed by atoms with Crippen LogP contribution in [0.2, 0.25) is 0 Å². The summed E-state index contributed by atoms with van der Waals surface area (Å²) in [4.78, 5) is 26.4. The molecule has 1 aliphatic rings. The van der Waals surface area contributed by atoms with Gasteiger partial charge in [0.2, 0.25) is 5.91 Å². The van der Waals surface area contributed by atoms with Crippen LogP contribution < -0.4 is 11.1 Å². The molecule has 19 heavy (non-hydrogen) atoms. The first kappa shape index (κ1) is 11.9. The molecule has 1 saturated carbocycles. The van der Waals surface area contributed by atoms with E-state index in [0.29, 0.717) is 24.0 Å². The van der Waals surface area contributed by atoms with Gasteiger partial charge in [0, 0.05) is 5.56 Å². The van der Waals surface area contributed by atoms with Crippen molar-refractivity contribution in [2.75, 3.05) is 0 Å². The molecule has 1 heterocycles. The number of nitrogens with one attached hydrogen (secondary N) is 2. The van der Waals surface area contributed by atoms with E-state index in [-0.39, 0.29) is 10.7 Å². The Balaban J connectivity index is 1.89. The summed E-state index contributed by atoms with van der Waals surface area (Å²) in [5, 5.41) is 2.66. The van der Waals surface area contributed by atoms with E-state index in [4.69, 9.17) is 22.4 Å². The lowest BCUT2D eigenvalue weighted by Crippen LogP contribution is -2.46. The first-order chi connectivity index (χ1) is 9.00. The number of fused-ring (bicyclic) bond motifs is 1. The number of nitrogens with two attached hydrogens (primary N) is 1. The maximum Gasteiger partial charge on any atom is 0.266 e. The molecule has 98 valence electrons. The van der Waals surface area contributed by atoms with Crippen molar-refractivity contribution in [1.82, 2.24) is 10.3 Å². The molecule has 7 heteroatoms. The fraction of sp³-hybridized carbons (Fsp3) is 0.250. The highest BCUT2D eigenvalue weighted by Crippen LogP contribution is 2.35. The zero-order chi connectivity index (χ0) is 13.6. The highest BCUT2D eigenvalue weighted by atomic mass is 32.1. The third-order valence-electron chi connectivity index (χ3n) is 3.26. The SMILES string of the molecule is NC(=O)C1(NC(=O)c2ccc3[nH]c(=S)oc3c2)CC1. The molecule has 1 fully saturated rings. The van der Waals surface area contributed by atoms with E-state index in [0.717, 1.165) is 5.52 Å². The van der Waals surface area contributed by atoms with Crippen LogP contribution >= 0.6 is 12.2 Å². The highest BCUT2D eigenvalue weighted by molar-refractivity contribution is 7.71. The molecule has 1 aliphatic carbocycles. The van der Waals surface area contributed by atoms with Crippen molar-refractivity contribution in [1.29, 1.82) is 0 Å². The van der Waals surface area contributed by atoms with Gasteiger partial charge in [-0.15, -0.1) is 0 Å². The molecule has 6 nitrogen and oxygen atoms in total. The summed E-state index contributed by atoms with van der Waals surface area (Å²) in [6.45, 7) is 0. The summed E-state index contributed by atoms with van der Waals surface area (Å²) < 4.78 is 5.24. The van der Waals surface area contributed by atoms with E-state index in [9.17, 15) is 9.59 Å². The third kappa shape index (κ3) is 2.01. The minimum absolute atomic E-state index is 0.253. The van der Waals surface area contributed by atoms with E-state index >= 15 is 0 Å². The fourth-order valence-corrected chi connectivity index (χ4v) is 2.13.